The lowest BCUT2D eigenvalue weighted by molar-refractivity contribution is 0.281. The summed E-state index contributed by atoms with van der Waals surface area (Å²) in [5, 5.41) is 13.2. The first-order valence-electron chi connectivity index (χ1n) is 5.28. The summed E-state index contributed by atoms with van der Waals surface area (Å²) in [6, 6.07) is 0.0102. The number of rotatable bonds is 3. The lowest BCUT2D eigenvalue weighted by Crippen LogP contribution is -2.07. The second kappa shape index (κ2) is 4.58. The first-order valence-corrected chi connectivity index (χ1v) is 5.28. The molecule has 2 aromatic heterocycles. The van der Waals surface area contributed by atoms with Crippen LogP contribution in [0.2, 0.25) is 0 Å². The van der Waals surface area contributed by atoms with Crippen LogP contribution in [0.1, 0.15) is 25.5 Å². The molecule has 0 saturated heterocycles. The Morgan fingerprint density at radius 2 is 2.18 bits per heavy atom. The lowest BCUT2D eigenvalue weighted by Gasteiger charge is -2.12. The molecule has 0 bridgehead atoms. The average Bonchev–Trinajstić information content (AvgIpc) is 2.71. The molecule has 90 valence electrons. The van der Waals surface area contributed by atoms with Gasteiger partial charge in [-0.2, -0.15) is 5.10 Å². The van der Waals surface area contributed by atoms with E-state index in [0.29, 0.717) is 11.3 Å². The fourth-order valence-electron chi connectivity index (χ4n) is 1.64. The Bertz CT molecular complexity index is 524. The van der Waals surface area contributed by atoms with Gasteiger partial charge in [0.15, 0.2) is 5.82 Å². The molecule has 0 amide bonds. The summed E-state index contributed by atoms with van der Waals surface area (Å²) in [7, 11) is 0. The maximum Gasteiger partial charge on any atom is 0.170 e. The van der Waals surface area contributed by atoms with Crippen molar-refractivity contribution >= 4 is 0 Å². The fourth-order valence-corrected chi connectivity index (χ4v) is 1.64. The van der Waals surface area contributed by atoms with Crippen LogP contribution in [0.3, 0.4) is 0 Å². The second-order valence-corrected chi connectivity index (χ2v) is 3.93. The molecule has 5 nitrogen and oxygen atoms in total. The number of nitrogens with zero attached hydrogens (tertiary/aromatic N) is 4. The van der Waals surface area contributed by atoms with Crippen molar-refractivity contribution in [3.63, 3.8) is 0 Å². The maximum absolute atomic E-state index is 13.7. The van der Waals surface area contributed by atoms with Gasteiger partial charge >= 0.3 is 0 Å². The minimum Gasteiger partial charge on any atom is -0.392 e. The van der Waals surface area contributed by atoms with Gasteiger partial charge in [-0.05, 0) is 13.8 Å². The number of aromatic nitrogens is 4. The van der Waals surface area contributed by atoms with Crippen LogP contribution in [0.4, 0.5) is 4.39 Å². The topological polar surface area (TPSA) is 63.8 Å². The van der Waals surface area contributed by atoms with Crippen LogP contribution in [0.25, 0.3) is 11.4 Å². The van der Waals surface area contributed by atoms with Gasteiger partial charge in [-0.3, -0.25) is 4.68 Å². The molecule has 0 fully saturated rings. The molecule has 2 rings (SSSR count). The molecular formula is C11H13FN4O. The van der Waals surface area contributed by atoms with E-state index >= 15 is 0 Å². The standard InChI is InChI=1S/C11H13FN4O/c1-7(2)16-11(9(12)4-15-16)10-8(5-17)3-13-6-14-10/h3-4,6-7,17H,5H2,1-2H3. The SMILES string of the molecule is CC(C)n1ncc(F)c1-c1ncncc1CO. The molecule has 0 unspecified atom stereocenters. The summed E-state index contributed by atoms with van der Waals surface area (Å²) in [6.07, 6.45) is 3.95. The van der Waals surface area contributed by atoms with Gasteiger partial charge in [0.1, 0.15) is 17.7 Å². The van der Waals surface area contributed by atoms with Crippen molar-refractivity contribution < 1.29 is 9.50 Å². The van der Waals surface area contributed by atoms with E-state index in [1.807, 2.05) is 13.8 Å². The van der Waals surface area contributed by atoms with Crippen molar-refractivity contribution in [2.24, 2.45) is 0 Å². The van der Waals surface area contributed by atoms with Crippen molar-refractivity contribution in [2.45, 2.75) is 26.5 Å². The Hall–Kier alpha value is -1.82. The van der Waals surface area contributed by atoms with E-state index in [-0.39, 0.29) is 18.3 Å². The molecule has 0 spiro atoms. The van der Waals surface area contributed by atoms with Gasteiger partial charge < -0.3 is 5.11 Å². The number of aliphatic hydroxyl groups excluding tert-OH is 1. The third kappa shape index (κ3) is 2.03. The zero-order valence-electron chi connectivity index (χ0n) is 9.63. The highest BCUT2D eigenvalue weighted by Gasteiger charge is 2.18. The zero-order valence-corrected chi connectivity index (χ0v) is 9.63. The quantitative estimate of drug-likeness (QED) is 0.878. The predicted molar refractivity (Wildman–Crippen MR) is 59.5 cm³/mol. The van der Waals surface area contributed by atoms with Crippen LogP contribution in [-0.4, -0.2) is 24.9 Å². The average molecular weight is 236 g/mol. The molecule has 0 aromatic carbocycles. The zero-order chi connectivity index (χ0) is 12.4. The highest BCUT2D eigenvalue weighted by atomic mass is 19.1. The smallest absolute Gasteiger partial charge is 0.170 e. The number of hydrogen-bond acceptors (Lipinski definition) is 4. The number of aliphatic hydroxyl groups is 1. The van der Waals surface area contributed by atoms with E-state index in [4.69, 9.17) is 0 Å². The summed E-state index contributed by atoms with van der Waals surface area (Å²) in [4.78, 5) is 7.83. The Morgan fingerprint density at radius 3 is 2.82 bits per heavy atom. The number of hydrogen-bond donors (Lipinski definition) is 1. The van der Waals surface area contributed by atoms with E-state index in [9.17, 15) is 9.50 Å². The molecule has 2 aromatic rings. The molecule has 0 atom stereocenters. The third-order valence-electron chi connectivity index (χ3n) is 2.42. The van der Waals surface area contributed by atoms with Crippen molar-refractivity contribution in [2.75, 3.05) is 0 Å². The summed E-state index contributed by atoms with van der Waals surface area (Å²) < 4.78 is 15.3. The summed E-state index contributed by atoms with van der Waals surface area (Å²) in [5.41, 5.74) is 1.14. The van der Waals surface area contributed by atoms with Gasteiger partial charge in [-0.1, -0.05) is 0 Å². The molecule has 6 heteroatoms. The summed E-state index contributed by atoms with van der Waals surface area (Å²) in [6.45, 7) is 3.56. The van der Waals surface area contributed by atoms with Crippen molar-refractivity contribution in [1.29, 1.82) is 0 Å². The van der Waals surface area contributed by atoms with Gasteiger partial charge in [0.05, 0.1) is 12.8 Å². The third-order valence-corrected chi connectivity index (χ3v) is 2.42. The Balaban J connectivity index is 2.63. The molecule has 0 aliphatic rings. The normalized spacial score (nSPS) is 11.1. The maximum atomic E-state index is 13.7. The highest BCUT2D eigenvalue weighted by molar-refractivity contribution is 5.59. The second-order valence-electron chi connectivity index (χ2n) is 3.93. The molecular weight excluding hydrogens is 223 g/mol. The van der Waals surface area contributed by atoms with Gasteiger partial charge in [-0.25, -0.2) is 14.4 Å². The van der Waals surface area contributed by atoms with Crippen molar-refractivity contribution in [3.8, 4) is 11.4 Å². The van der Waals surface area contributed by atoms with E-state index in [1.165, 1.54) is 17.2 Å². The van der Waals surface area contributed by atoms with Gasteiger partial charge in [0.2, 0.25) is 0 Å². The van der Waals surface area contributed by atoms with Gasteiger partial charge in [-0.15, -0.1) is 0 Å². The van der Waals surface area contributed by atoms with Crippen molar-refractivity contribution in [3.05, 3.63) is 30.1 Å². The predicted octanol–water partition coefficient (Wildman–Crippen LogP) is 1.55. The molecule has 1 N–H and O–H groups in total. The van der Waals surface area contributed by atoms with E-state index in [1.54, 1.807) is 0 Å². The minimum atomic E-state index is -0.452. The molecule has 17 heavy (non-hydrogen) atoms. The van der Waals surface area contributed by atoms with Crippen LogP contribution in [0, 0.1) is 5.82 Å². The molecule has 0 saturated carbocycles. The van der Waals surface area contributed by atoms with Crippen LogP contribution < -0.4 is 0 Å². The van der Waals surface area contributed by atoms with Crippen LogP contribution in [-0.2, 0) is 6.61 Å². The largest absolute Gasteiger partial charge is 0.392 e. The van der Waals surface area contributed by atoms with Crippen LogP contribution in [0.5, 0.6) is 0 Å². The summed E-state index contributed by atoms with van der Waals surface area (Å²) in [5.74, 6) is -0.452. The van der Waals surface area contributed by atoms with Crippen LogP contribution in [0.15, 0.2) is 18.7 Å². The Labute approximate surface area is 98.0 Å². The molecule has 0 aliphatic carbocycles. The molecule has 0 radical (unpaired) electrons. The van der Waals surface area contributed by atoms with E-state index in [0.717, 1.165) is 6.20 Å². The van der Waals surface area contributed by atoms with Crippen LogP contribution >= 0.6 is 0 Å². The minimum absolute atomic E-state index is 0.0102. The Kier molecular flexibility index (Phi) is 3.14. The first-order chi connectivity index (χ1) is 8.15. The molecule has 2 heterocycles. The van der Waals surface area contributed by atoms with E-state index < -0.39 is 5.82 Å². The monoisotopic (exact) mass is 236 g/mol. The highest BCUT2D eigenvalue weighted by Crippen LogP contribution is 2.25. The van der Waals surface area contributed by atoms with Gasteiger partial charge in [0.25, 0.3) is 0 Å². The fraction of sp³-hybridized carbons (Fsp3) is 0.364. The molecule has 0 aliphatic heterocycles. The van der Waals surface area contributed by atoms with Gasteiger partial charge in [0, 0.05) is 17.8 Å². The first kappa shape index (κ1) is 11.7. The summed E-state index contributed by atoms with van der Waals surface area (Å²) >= 11 is 0. The Morgan fingerprint density at radius 1 is 1.41 bits per heavy atom. The van der Waals surface area contributed by atoms with E-state index in [2.05, 4.69) is 15.1 Å². The van der Waals surface area contributed by atoms with Crippen molar-refractivity contribution in [1.82, 2.24) is 19.7 Å². The lowest BCUT2D eigenvalue weighted by atomic mass is 10.1. The number of halogens is 1.